The highest BCUT2D eigenvalue weighted by Crippen LogP contribution is 2.49. The number of halogens is 2. The first-order chi connectivity index (χ1) is 10.8. The molecule has 4 atom stereocenters. The van der Waals surface area contributed by atoms with Gasteiger partial charge in [0.2, 0.25) is 5.91 Å². The van der Waals surface area contributed by atoms with Crippen LogP contribution in [0.15, 0.2) is 0 Å². The molecule has 5 fully saturated rings. The van der Waals surface area contributed by atoms with Gasteiger partial charge < -0.3 is 10.2 Å². The topological polar surface area (TPSA) is 35.6 Å². The average molecular weight is 376 g/mol. The molecule has 1 N–H and O–H groups in total. The summed E-state index contributed by atoms with van der Waals surface area (Å²) < 4.78 is 0. The van der Waals surface area contributed by atoms with E-state index in [0.717, 1.165) is 55.9 Å². The van der Waals surface area contributed by atoms with E-state index in [0.29, 0.717) is 11.8 Å². The van der Waals surface area contributed by atoms with Gasteiger partial charge in [-0.15, -0.1) is 24.8 Å². The lowest BCUT2D eigenvalue weighted by molar-refractivity contribution is -0.139. The Balaban J connectivity index is 0.000000845. The van der Waals surface area contributed by atoms with Crippen molar-refractivity contribution in [2.24, 2.45) is 17.8 Å². The van der Waals surface area contributed by atoms with E-state index in [1.807, 2.05) is 0 Å². The Labute approximate surface area is 157 Å². The SMILES string of the molecule is Cl.Cl.O=C(C1CCC1)N1CCC(N2[C@@H]3CC[C@H]2[C@H]2CNC[C@H]23)CC1. The fraction of sp³-hybridized carbons (Fsp3) is 0.944. The van der Waals surface area contributed by atoms with Gasteiger partial charge in [0.25, 0.3) is 0 Å². The van der Waals surface area contributed by atoms with Crippen LogP contribution in [0.2, 0.25) is 0 Å². The van der Waals surface area contributed by atoms with E-state index >= 15 is 0 Å². The molecule has 0 spiro atoms. The van der Waals surface area contributed by atoms with Crippen molar-refractivity contribution in [1.29, 1.82) is 0 Å². The molecule has 0 aromatic carbocycles. The van der Waals surface area contributed by atoms with Gasteiger partial charge in [-0.25, -0.2) is 0 Å². The zero-order chi connectivity index (χ0) is 14.7. The number of hydrogen-bond acceptors (Lipinski definition) is 3. The van der Waals surface area contributed by atoms with Crippen LogP contribution in [0.1, 0.15) is 44.9 Å². The third-order valence-corrected chi connectivity index (χ3v) is 7.47. The normalized spacial score (nSPS) is 39.1. The summed E-state index contributed by atoms with van der Waals surface area (Å²) in [4.78, 5) is 17.5. The van der Waals surface area contributed by atoms with Crippen LogP contribution in [0.5, 0.6) is 0 Å². The summed E-state index contributed by atoms with van der Waals surface area (Å²) in [5.41, 5.74) is 0. The molecular weight excluding hydrogens is 345 g/mol. The number of rotatable bonds is 2. The summed E-state index contributed by atoms with van der Waals surface area (Å²) in [5.74, 6) is 2.70. The van der Waals surface area contributed by atoms with E-state index in [1.165, 1.54) is 45.2 Å². The van der Waals surface area contributed by atoms with Crippen molar-refractivity contribution >= 4 is 30.7 Å². The van der Waals surface area contributed by atoms with E-state index < -0.39 is 0 Å². The third-order valence-electron chi connectivity index (χ3n) is 7.47. The number of carbonyl (C=O) groups excluding carboxylic acids is 1. The Morgan fingerprint density at radius 2 is 1.42 bits per heavy atom. The van der Waals surface area contributed by atoms with E-state index in [9.17, 15) is 4.79 Å². The predicted octanol–water partition coefficient (Wildman–Crippen LogP) is 2.30. The Kier molecular flexibility index (Phi) is 5.70. The maximum absolute atomic E-state index is 12.4. The van der Waals surface area contributed by atoms with Gasteiger partial charge in [-0.2, -0.15) is 0 Å². The van der Waals surface area contributed by atoms with Gasteiger partial charge in [-0.1, -0.05) is 6.42 Å². The Hall–Kier alpha value is -0.0300. The molecule has 0 aromatic rings. The van der Waals surface area contributed by atoms with Crippen molar-refractivity contribution in [2.75, 3.05) is 26.2 Å². The molecule has 4 saturated heterocycles. The second kappa shape index (κ2) is 7.30. The monoisotopic (exact) mass is 375 g/mol. The molecule has 0 aromatic heterocycles. The van der Waals surface area contributed by atoms with Gasteiger partial charge in [0.15, 0.2) is 0 Å². The van der Waals surface area contributed by atoms with Crippen molar-refractivity contribution in [1.82, 2.24) is 15.1 Å². The van der Waals surface area contributed by atoms with Crippen molar-refractivity contribution in [3.8, 4) is 0 Å². The molecule has 0 radical (unpaired) electrons. The van der Waals surface area contributed by atoms with Crippen molar-refractivity contribution in [2.45, 2.75) is 63.1 Å². The van der Waals surface area contributed by atoms with E-state index in [-0.39, 0.29) is 24.8 Å². The number of hydrogen-bond donors (Lipinski definition) is 1. The minimum absolute atomic E-state index is 0. The van der Waals surface area contributed by atoms with Crippen LogP contribution in [0.4, 0.5) is 0 Å². The molecule has 24 heavy (non-hydrogen) atoms. The number of nitrogens with zero attached hydrogens (tertiary/aromatic N) is 2. The Morgan fingerprint density at radius 1 is 0.833 bits per heavy atom. The lowest BCUT2D eigenvalue weighted by atomic mass is 9.82. The first kappa shape index (κ1) is 18.8. The van der Waals surface area contributed by atoms with Crippen LogP contribution in [-0.2, 0) is 4.79 Å². The zero-order valence-electron chi connectivity index (χ0n) is 14.4. The third kappa shape index (κ3) is 2.78. The number of carbonyl (C=O) groups is 1. The number of nitrogens with one attached hydrogen (secondary N) is 1. The molecule has 1 saturated carbocycles. The molecule has 4 heterocycles. The summed E-state index contributed by atoms with van der Waals surface area (Å²) in [5, 5.41) is 3.62. The maximum Gasteiger partial charge on any atom is 0.225 e. The molecule has 0 unspecified atom stereocenters. The summed E-state index contributed by atoms with van der Waals surface area (Å²) in [6.45, 7) is 4.54. The lowest BCUT2D eigenvalue weighted by Crippen LogP contribution is -2.51. The highest BCUT2D eigenvalue weighted by atomic mass is 35.5. The maximum atomic E-state index is 12.4. The molecule has 4 aliphatic heterocycles. The average Bonchev–Trinajstić information content (AvgIpc) is 3.17. The summed E-state index contributed by atoms with van der Waals surface area (Å²) in [6, 6.07) is 2.46. The van der Waals surface area contributed by atoms with Gasteiger partial charge in [-0.3, -0.25) is 9.69 Å². The number of likely N-dealkylation sites (tertiary alicyclic amines) is 1. The Bertz CT molecular complexity index is 447. The molecule has 5 aliphatic rings. The van der Waals surface area contributed by atoms with Gasteiger partial charge in [0.1, 0.15) is 0 Å². The standard InChI is InChI=1S/C18H29N3O.2ClH/c22-18(12-2-1-3-12)20-8-6-13(7-9-20)21-16-4-5-17(21)15-11-19-10-14(15)16;;/h12-17,19H,1-11H2;2*1H/t14-,15+,16-,17+;;. The Morgan fingerprint density at radius 3 is 1.92 bits per heavy atom. The molecule has 4 nitrogen and oxygen atoms in total. The molecule has 138 valence electrons. The second-order valence-electron chi connectivity index (χ2n) is 8.33. The quantitative estimate of drug-likeness (QED) is 0.804. The van der Waals surface area contributed by atoms with Crippen molar-refractivity contribution in [3.63, 3.8) is 0 Å². The van der Waals surface area contributed by atoms with E-state index in [2.05, 4.69) is 15.1 Å². The summed E-state index contributed by atoms with van der Waals surface area (Å²) in [7, 11) is 0. The van der Waals surface area contributed by atoms with Gasteiger partial charge >= 0.3 is 0 Å². The number of amides is 1. The second-order valence-corrected chi connectivity index (χ2v) is 8.33. The lowest BCUT2D eigenvalue weighted by Gasteiger charge is -2.41. The predicted molar refractivity (Wildman–Crippen MR) is 99.9 cm³/mol. The van der Waals surface area contributed by atoms with Gasteiger partial charge in [0.05, 0.1) is 0 Å². The number of piperidine rings is 1. The fourth-order valence-corrected chi connectivity index (χ4v) is 6.16. The van der Waals surface area contributed by atoms with Crippen molar-refractivity contribution < 1.29 is 4.79 Å². The van der Waals surface area contributed by atoms with Crippen LogP contribution in [-0.4, -0.2) is 60.0 Å². The summed E-state index contributed by atoms with van der Waals surface area (Å²) >= 11 is 0. The molecular formula is C18H31Cl2N3O. The fourth-order valence-electron chi connectivity index (χ4n) is 6.16. The van der Waals surface area contributed by atoms with Gasteiger partial charge in [0, 0.05) is 37.1 Å². The number of fused-ring (bicyclic) bond motifs is 5. The van der Waals surface area contributed by atoms with Crippen LogP contribution in [0, 0.1) is 17.8 Å². The van der Waals surface area contributed by atoms with Gasteiger partial charge in [-0.05, 0) is 63.5 Å². The summed E-state index contributed by atoms with van der Waals surface area (Å²) in [6.07, 6.45) is 8.84. The zero-order valence-corrected chi connectivity index (χ0v) is 16.0. The molecule has 5 rings (SSSR count). The molecule has 6 heteroatoms. The molecule has 1 aliphatic carbocycles. The first-order valence-corrected chi connectivity index (χ1v) is 9.60. The highest BCUT2D eigenvalue weighted by molar-refractivity contribution is 5.85. The largest absolute Gasteiger partial charge is 0.342 e. The first-order valence-electron chi connectivity index (χ1n) is 9.60. The smallest absolute Gasteiger partial charge is 0.225 e. The van der Waals surface area contributed by atoms with E-state index in [1.54, 1.807) is 0 Å². The van der Waals surface area contributed by atoms with Crippen LogP contribution >= 0.6 is 24.8 Å². The highest BCUT2D eigenvalue weighted by Gasteiger charge is 2.56. The molecule has 1 amide bonds. The van der Waals surface area contributed by atoms with Crippen LogP contribution < -0.4 is 5.32 Å². The molecule has 2 bridgehead atoms. The minimum atomic E-state index is 0. The van der Waals surface area contributed by atoms with Crippen molar-refractivity contribution in [3.05, 3.63) is 0 Å². The van der Waals surface area contributed by atoms with Crippen LogP contribution in [0.3, 0.4) is 0 Å². The van der Waals surface area contributed by atoms with Crippen LogP contribution in [0.25, 0.3) is 0 Å². The minimum Gasteiger partial charge on any atom is -0.342 e. The van der Waals surface area contributed by atoms with E-state index in [4.69, 9.17) is 0 Å².